The molecule has 2 amide bonds. The summed E-state index contributed by atoms with van der Waals surface area (Å²) in [7, 11) is -4.11. The monoisotopic (exact) mass is 555 g/mol. The zero-order valence-electron chi connectivity index (χ0n) is 22.1. The minimum Gasteiger partial charge on any atom is -0.355 e. The summed E-state index contributed by atoms with van der Waals surface area (Å²) < 4.78 is 28.9. The summed E-state index contributed by atoms with van der Waals surface area (Å²) >= 11 is 6.41. The fourth-order valence-corrected chi connectivity index (χ4v) is 5.93. The number of hydrogen-bond acceptors (Lipinski definition) is 4. The van der Waals surface area contributed by atoms with Crippen LogP contribution in [0.3, 0.4) is 0 Å². The summed E-state index contributed by atoms with van der Waals surface area (Å²) in [5.41, 5.74) is 2.63. The zero-order chi connectivity index (χ0) is 27.9. The van der Waals surface area contributed by atoms with Crippen molar-refractivity contribution >= 4 is 39.1 Å². The average molecular weight is 556 g/mol. The Morgan fingerprint density at radius 1 is 0.947 bits per heavy atom. The van der Waals surface area contributed by atoms with E-state index < -0.39 is 28.5 Å². The highest BCUT2D eigenvalue weighted by Crippen LogP contribution is 2.29. The SMILES string of the molecule is CCNC(=O)[C@@H](CC)N(Cc1ccccc1Cl)C(=O)CN(c1cc(C)ccc1C)S(=O)(=O)c1ccccc1. The van der Waals surface area contributed by atoms with E-state index in [4.69, 9.17) is 11.6 Å². The third-order valence-corrected chi connectivity index (χ3v) is 8.42. The fraction of sp³-hybridized carbons (Fsp3) is 0.310. The molecule has 3 aromatic rings. The van der Waals surface area contributed by atoms with Crippen molar-refractivity contribution in [1.29, 1.82) is 0 Å². The maximum absolute atomic E-state index is 14.0. The summed E-state index contributed by atoms with van der Waals surface area (Å²) in [6.45, 7) is 7.26. The number of hydrogen-bond donors (Lipinski definition) is 1. The number of aryl methyl sites for hydroxylation is 2. The minimum absolute atomic E-state index is 0.0557. The molecule has 0 heterocycles. The van der Waals surface area contributed by atoms with E-state index in [0.29, 0.717) is 34.8 Å². The average Bonchev–Trinajstić information content (AvgIpc) is 2.90. The van der Waals surface area contributed by atoms with Gasteiger partial charge in [0.15, 0.2) is 0 Å². The molecule has 0 radical (unpaired) electrons. The third-order valence-electron chi connectivity index (χ3n) is 6.28. The van der Waals surface area contributed by atoms with Crippen LogP contribution in [0.2, 0.25) is 5.02 Å². The van der Waals surface area contributed by atoms with E-state index in [2.05, 4.69) is 5.32 Å². The largest absolute Gasteiger partial charge is 0.355 e. The molecule has 0 aliphatic carbocycles. The van der Waals surface area contributed by atoms with Crippen LogP contribution in [0, 0.1) is 13.8 Å². The van der Waals surface area contributed by atoms with Gasteiger partial charge in [0.2, 0.25) is 11.8 Å². The van der Waals surface area contributed by atoms with Gasteiger partial charge in [0.25, 0.3) is 10.0 Å². The second-order valence-electron chi connectivity index (χ2n) is 9.05. The first kappa shape index (κ1) is 29.2. The Hall–Kier alpha value is -3.36. The number of carbonyl (C=O) groups is 2. The predicted octanol–water partition coefficient (Wildman–Crippen LogP) is 5.10. The number of benzene rings is 3. The van der Waals surface area contributed by atoms with Gasteiger partial charge in [0, 0.05) is 18.1 Å². The number of anilines is 1. The van der Waals surface area contributed by atoms with Crippen molar-refractivity contribution < 1.29 is 18.0 Å². The van der Waals surface area contributed by atoms with E-state index in [-0.39, 0.29) is 17.3 Å². The fourth-order valence-electron chi connectivity index (χ4n) is 4.24. The smallest absolute Gasteiger partial charge is 0.264 e. The number of likely N-dealkylation sites (N-methyl/N-ethyl adjacent to an activating group) is 1. The molecule has 1 N–H and O–H groups in total. The van der Waals surface area contributed by atoms with E-state index in [9.17, 15) is 18.0 Å². The van der Waals surface area contributed by atoms with Gasteiger partial charge in [0.1, 0.15) is 12.6 Å². The number of halogens is 1. The highest BCUT2D eigenvalue weighted by Gasteiger charge is 2.34. The van der Waals surface area contributed by atoms with Crippen LogP contribution in [0.25, 0.3) is 0 Å². The molecule has 1 atom stereocenters. The first-order valence-electron chi connectivity index (χ1n) is 12.6. The molecule has 0 unspecified atom stereocenters. The lowest BCUT2D eigenvalue weighted by molar-refractivity contribution is -0.140. The molecule has 0 saturated heterocycles. The Bertz CT molecular complexity index is 1380. The molecule has 0 fully saturated rings. The first-order chi connectivity index (χ1) is 18.1. The van der Waals surface area contributed by atoms with E-state index in [1.54, 1.807) is 62.4 Å². The lowest BCUT2D eigenvalue weighted by atomic mass is 10.1. The van der Waals surface area contributed by atoms with Gasteiger partial charge >= 0.3 is 0 Å². The van der Waals surface area contributed by atoms with Crippen molar-refractivity contribution in [3.05, 3.63) is 94.5 Å². The van der Waals surface area contributed by atoms with Gasteiger partial charge in [-0.15, -0.1) is 0 Å². The molecule has 202 valence electrons. The molecule has 0 bridgehead atoms. The summed E-state index contributed by atoms with van der Waals surface area (Å²) in [6, 6.07) is 19.8. The van der Waals surface area contributed by atoms with Crippen LogP contribution >= 0.6 is 11.6 Å². The number of amides is 2. The van der Waals surface area contributed by atoms with E-state index >= 15 is 0 Å². The molecule has 0 aromatic heterocycles. The highest BCUT2D eigenvalue weighted by molar-refractivity contribution is 7.92. The number of sulfonamides is 1. The summed E-state index contributed by atoms with van der Waals surface area (Å²) in [4.78, 5) is 28.5. The molecule has 38 heavy (non-hydrogen) atoms. The van der Waals surface area contributed by atoms with Crippen LogP contribution < -0.4 is 9.62 Å². The normalized spacial score (nSPS) is 12.0. The Balaban J connectivity index is 2.11. The number of nitrogens with one attached hydrogen (secondary N) is 1. The van der Waals surface area contributed by atoms with Crippen molar-refractivity contribution in [2.45, 2.75) is 51.6 Å². The van der Waals surface area contributed by atoms with Crippen molar-refractivity contribution in [3.8, 4) is 0 Å². The van der Waals surface area contributed by atoms with Gasteiger partial charge in [-0.25, -0.2) is 8.42 Å². The molecular formula is C29H34ClN3O4S. The lowest BCUT2D eigenvalue weighted by Crippen LogP contribution is -2.52. The second kappa shape index (κ2) is 12.9. The van der Waals surface area contributed by atoms with E-state index in [0.717, 1.165) is 9.87 Å². The molecule has 9 heteroatoms. The summed E-state index contributed by atoms with van der Waals surface area (Å²) in [6.07, 6.45) is 0.344. The number of carbonyl (C=O) groups excluding carboxylic acids is 2. The zero-order valence-corrected chi connectivity index (χ0v) is 23.7. The van der Waals surface area contributed by atoms with Gasteiger partial charge in [-0.1, -0.05) is 67.1 Å². The Kier molecular flexibility index (Phi) is 9.94. The first-order valence-corrected chi connectivity index (χ1v) is 14.4. The molecule has 3 rings (SSSR count). The molecule has 0 aliphatic heterocycles. The second-order valence-corrected chi connectivity index (χ2v) is 11.3. The maximum Gasteiger partial charge on any atom is 0.264 e. The highest BCUT2D eigenvalue weighted by atomic mass is 35.5. The van der Waals surface area contributed by atoms with Crippen molar-refractivity contribution in [2.24, 2.45) is 0 Å². The predicted molar refractivity (Wildman–Crippen MR) is 152 cm³/mol. The van der Waals surface area contributed by atoms with Crippen LogP contribution in [0.1, 0.15) is 37.0 Å². The topological polar surface area (TPSA) is 86.8 Å². The summed E-state index contributed by atoms with van der Waals surface area (Å²) in [5.74, 6) is -0.817. The van der Waals surface area contributed by atoms with Crippen molar-refractivity contribution in [3.63, 3.8) is 0 Å². The lowest BCUT2D eigenvalue weighted by Gasteiger charge is -2.33. The van der Waals surface area contributed by atoms with Gasteiger partial charge in [-0.2, -0.15) is 0 Å². The van der Waals surface area contributed by atoms with Gasteiger partial charge in [-0.3, -0.25) is 13.9 Å². The molecule has 0 saturated carbocycles. The van der Waals surface area contributed by atoms with Crippen LogP contribution in [0.15, 0.2) is 77.7 Å². The number of nitrogens with zero attached hydrogens (tertiary/aromatic N) is 2. The molecule has 0 aliphatic rings. The molecule has 0 spiro atoms. The van der Waals surface area contributed by atoms with Crippen LogP contribution in [0.4, 0.5) is 5.69 Å². The van der Waals surface area contributed by atoms with Gasteiger partial charge in [0.05, 0.1) is 10.6 Å². The Morgan fingerprint density at radius 2 is 1.61 bits per heavy atom. The van der Waals surface area contributed by atoms with E-state index in [1.165, 1.54) is 17.0 Å². The minimum atomic E-state index is -4.11. The number of rotatable bonds is 11. The molecular weight excluding hydrogens is 522 g/mol. The van der Waals surface area contributed by atoms with Crippen molar-refractivity contribution in [1.82, 2.24) is 10.2 Å². The summed E-state index contributed by atoms with van der Waals surface area (Å²) in [5, 5.41) is 3.25. The quantitative estimate of drug-likeness (QED) is 0.357. The molecule has 7 nitrogen and oxygen atoms in total. The van der Waals surface area contributed by atoms with Gasteiger partial charge < -0.3 is 10.2 Å². The Labute approximate surface area is 230 Å². The van der Waals surface area contributed by atoms with Crippen LogP contribution in [-0.4, -0.2) is 44.3 Å². The van der Waals surface area contributed by atoms with Crippen LogP contribution in [0.5, 0.6) is 0 Å². The van der Waals surface area contributed by atoms with Crippen molar-refractivity contribution in [2.75, 3.05) is 17.4 Å². The van der Waals surface area contributed by atoms with Gasteiger partial charge in [-0.05, 0) is 68.1 Å². The standard InChI is InChI=1S/C29H34ClN3O4S/c1-5-26(29(35)31-6-2)32(19-23-12-10-11-15-25(23)30)28(34)20-33(27-18-21(3)16-17-22(27)4)38(36,37)24-13-8-7-9-14-24/h7-18,26H,5-6,19-20H2,1-4H3,(H,31,35)/t26-/m1/s1. The maximum atomic E-state index is 14.0. The molecule has 3 aromatic carbocycles. The third kappa shape index (κ3) is 6.74. The Morgan fingerprint density at radius 3 is 2.24 bits per heavy atom. The van der Waals surface area contributed by atoms with Crippen LogP contribution in [-0.2, 0) is 26.2 Å². The van der Waals surface area contributed by atoms with E-state index in [1.807, 2.05) is 26.0 Å².